The topological polar surface area (TPSA) is 99.0 Å². The van der Waals surface area contributed by atoms with E-state index in [1.807, 2.05) is 13.0 Å². The molecule has 0 saturated carbocycles. The summed E-state index contributed by atoms with van der Waals surface area (Å²) in [5.74, 6) is 1.46. The number of aryl methyl sites for hydroxylation is 1. The van der Waals surface area contributed by atoms with E-state index in [1.165, 1.54) is 0 Å². The Bertz CT molecular complexity index is 950. The van der Waals surface area contributed by atoms with E-state index >= 15 is 0 Å². The average molecular weight is 359 g/mol. The average Bonchev–Trinajstić information content (AvgIpc) is 3.04. The summed E-state index contributed by atoms with van der Waals surface area (Å²) in [6.07, 6.45) is 1.80. The molecule has 0 aliphatic carbocycles. The maximum absolute atomic E-state index is 11.5. The van der Waals surface area contributed by atoms with E-state index in [-0.39, 0.29) is 5.75 Å². The van der Waals surface area contributed by atoms with E-state index in [0.717, 1.165) is 5.69 Å². The van der Waals surface area contributed by atoms with E-state index in [0.29, 0.717) is 23.1 Å². The molecule has 0 spiro atoms. The quantitative estimate of drug-likeness (QED) is 0.726. The molecule has 0 unspecified atom stereocenters. The van der Waals surface area contributed by atoms with Gasteiger partial charge in [0.15, 0.2) is 5.82 Å². The number of nitrogens with one attached hydrogen (secondary N) is 1. The molecule has 3 aromatic rings. The Labute approximate surface area is 145 Å². The number of ether oxygens (including phenoxy) is 1. The molecule has 1 aromatic carbocycles. The van der Waals surface area contributed by atoms with Gasteiger partial charge in [0.25, 0.3) is 0 Å². The molecule has 0 bridgehead atoms. The Hall–Kier alpha value is -2.94. The Morgan fingerprint density at radius 1 is 1.08 bits per heavy atom. The Morgan fingerprint density at radius 3 is 2.40 bits per heavy atom. The maximum Gasteiger partial charge on any atom is 0.238 e. The number of aromatic nitrogens is 4. The minimum absolute atomic E-state index is 0.0168. The summed E-state index contributed by atoms with van der Waals surface area (Å²) in [6, 6.07) is 11.9. The summed E-state index contributed by atoms with van der Waals surface area (Å²) < 4.78 is 32.8. The molecule has 130 valence electrons. The SMILES string of the molecule is CCS(=O)(=O)Nc1ccc(Oc2ccc(-n3ccc(C)n3)nn2)cc1. The van der Waals surface area contributed by atoms with Gasteiger partial charge in [-0.3, -0.25) is 4.72 Å². The summed E-state index contributed by atoms with van der Waals surface area (Å²) in [6.45, 7) is 3.47. The zero-order chi connectivity index (χ0) is 17.9. The molecular formula is C16H17N5O3S. The second kappa shape index (κ2) is 6.89. The first kappa shape index (κ1) is 16.9. The maximum atomic E-state index is 11.5. The highest BCUT2D eigenvalue weighted by molar-refractivity contribution is 7.92. The number of hydrogen-bond donors (Lipinski definition) is 1. The van der Waals surface area contributed by atoms with Gasteiger partial charge in [0.1, 0.15) is 5.75 Å². The molecule has 0 radical (unpaired) electrons. The monoisotopic (exact) mass is 359 g/mol. The highest BCUT2D eigenvalue weighted by Crippen LogP contribution is 2.22. The summed E-state index contributed by atoms with van der Waals surface area (Å²) in [5, 5.41) is 12.3. The van der Waals surface area contributed by atoms with Crippen molar-refractivity contribution in [3.63, 3.8) is 0 Å². The third-order valence-corrected chi connectivity index (χ3v) is 4.62. The van der Waals surface area contributed by atoms with Crippen LogP contribution in [-0.4, -0.2) is 34.1 Å². The van der Waals surface area contributed by atoms with Crippen LogP contribution in [0.5, 0.6) is 11.6 Å². The van der Waals surface area contributed by atoms with Crippen LogP contribution in [0.25, 0.3) is 5.82 Å². The summed E-state index contributed by atoms with van der Waals surface area (Å²) in [5.41, 5.74) is 1.37. The predicted molar refractivity (Wildman–Crippen MR) is 93.5 cm³/mol. The predicted octanol–water partition coefficient (Wildman–Crippen LogP) is 2.52. The van der Waals surface area contributed by atoms with Gasteiger partial charge in [-0.05, 0) is 50.2 Å². The van der Waals surface area contributed by atoms with Gasteiger partial charge >= 0.3 is 0 Å². The molecule has 3 rings (SSSR count). The molecule has 9 heteroatoms. The van der Waals surface area contributed by atoms with Crippen LogP contribution in [0.3, 0.4) is 0 Å². The smallest absolute Gasteiger partial charge is 0.238 e. The Morgan fingerprint density at radius 2 is 1.84 bits per heavy atom. The first-order valence-electron chi connectivity index (χ1n) is 7.60. The van der Waals surface area contributed by atoms with Gasteiger partial charge in [-0.1, -0.05) is 0 Å². The minimum Gasteiger partial charge on any atom is -0.438 e. The van der Waals surface area contributed by atoms with Crippen LogP contribution in [0.2, 0.25) is 0 Å². The molecule has 0 amide bonds. The molecule has 25 heavy (non-hydrogen) atoms. The summed E-state index contributed by atoms with van der Waals surface area (Å²) in [7, 11) is -3.30. The van der Waals surface area contributed by atoms with Crippen molar-refractivity contribution in [2.45, 2.75) is 13.8 Å². The van der Waals surface area contributed by atoms with E-state index in [1.54, 1.807) is 54.2 Å². The largest absolute Gasteiger partial charge is 0.438 e. The molecule has 2 heterocycles. The van der Waals surface area contributed by atoms with Crippen LogP contribution < -0.4 is 9.46 Å². The molecule has 0 fully saturated rings. The second-order valence-corrected chi connectivity index (χ2v) is 7.27. The highest BCUT2D eigenvalue weighted by atomic mass is 32.2. The van der Waals surface area contributed by atoms with Crippen molar-refractivity contribution in [3.8, 4) is 17.4 Å². The van der Waals surface area contributed by atoms with Crippen LogP contribution in [0.15, 0.2) is 48.7 Å². The van der Waals surface area contributed by atoms with E-state index in [9.17, 15) is 8.42 Å². The normalized spacial score (nSPS) is 11.3. The van der Waals surface area contributed by atoms with Gasteiger partial charge < -0.3 is 4.74 Å². The molecular weight excluding hydrogens is 342 g/mol. The number of rotatable bonds is 6. The van der Waals surface area contributed by atoms with Crippen molar-refractivity contribution in [3.05, 3.63) is 54.4 Å². The van der Waals surface area contributed by atoms with Crippen LogP contribution in [-0.2, 0) is 10.0 Å². The van der Waals surface area contributed by atoms with E-state index < -0.39 is 10.0 Å². The molecule has 0 aliphatic heterocycles. The lowest BCUT2D eigenvalue weighted by Gasteiger charge is -2.08. The summed E-state index contributed by atoms with van der Waals surface area (Å²) >= 11 is 0. The number of anilines is 1. The van der Waals surface area contributed by atoms with Crippen molar-refractivity contribution in [2.24, 2.45) is 0 Å². The number of benzene rings is 1. The molecule has 2 aromatic heterocycles. The minimum atomic E-state index is -3.30. The molecule has 8 nitrogen and oxygen atoms in total. The van der Waals surface area contributed by atoms with Crippen molar-refractivity contribution in [1.82, 2.24) is 20.0 Å². The van der Waals surface area contributed by atoms with Crippen LogP contribution in [0.1, 0.15) is 12.6 Å². The van der Waals surface area contributed by atoms with Crippen molar-refractivity contribution in [1.29, 1.82) is 0 Å². The lowest BCUT2D eigenvalue weighted by Crippen LogP contribution is -2.14. The lowest BCUT2D eigenvalue weighted by atomic mass is 10.3. The van der Waals surface area contributed by atoms with Crippen LogP contribution >= 0.6 is 0 Å². The third-order valence-electron chi connectivity index (χ3n) is 3.31. The van der Waals surface area contributed by atoms with Gasteiger partial charge in [-0.25, -0.2) is 13.1 Å². The number of hydrogen-bond acceptors (Lipinski definition) is 6. The first-order valence-corrected chi connectivity index (χ1v) is 9.25. The van der Waals surface area contributed by atoms with Crippen molar-refractivity contribution >= 4 is 15.7 Å². The van der Waals surface area contributed by atoms with Gasteiger partial charge in [0, 0.05) is 18.0 Å². The van der Waals surface area contributed by atoms with Crippen LogP contribution in [0.4, 0.5) is 5.69 Å². The zero-order valence-electron chi connectivity index (χ0n) is 13.7. The number of nitrogens with zero attached hydrogens (tertiary/aromatic N) is 4. The fourth-order valence-corrected chi connectivity index (χ4v) is 2.64. The molecule has 0 atom stereocenters. The second-order valence-electron chi connectivity index (χ2n) is 5.26. The fourth-order valence-electron chi connectivity index (χ4n) is 2.00. The van der Waals surface area contributed by atoms with E-state index in [4.69, 9.17) is 4.74 Å². The van der Waals surface area contributed by atoms with Crippen LogP contribution in [0, 0.1) is 6.92 Å². The van der Waals surface area contributed by atoms with Gasteiger partial charge in [-0.2, -0.15) is 5.10 Å². The van der Waals surface area contributed by atoms with Crippen molar-refractivity contribution < 1.29 is 13.2 Å². The van der Waals surface area contributed by atoms with Gasteiger partial charge in [-0.15, -0.1) is 10.2 Å². The van der Waals surface area contributed by atoms with E-state index in [2.05, 4.69) is 20.0 Å². The van der Waals surface area contributed by atoms with Gasteiger partial charge in [0.05, 0.1) is 11.4 Å². The Kier molecular flexibility index (Phi) is 4.66. The molecule has 1 N–H and O–H groups in total. The zero-order valence-corrected chi connectivity index (χ0v) is 14.6. The number of sulfonamides is 1. The fraction of sp³-hybridized carbons (Fsp3) is 0.188. The molecule has 0 saturated heterocycles. The third kappa shape index (κ3) is 4.32. The van der Waals surface area contributed by atoms with Crippen molar-refractivity contribution in [2.75, 3.05) is 10.5 Å². The molecule has 0 aliphatic rings. The summed E-state index contributed by atoms with van der Waals surface area (Å²) in [4.78, 5) is 0. The lowest BCUT2D eigenvalue weighted by molar-refractivity contribution is 0.454. The standard InChI is InChI=1S/C16H17N5O3S/c1-3-25(22,23)20-13-4-6-14(7-5-13)24-16-9-8-15(17-18-16)21-11-10-12(2)19-21/h4-11,20H,3H2,1-2H3. The first-order chi connectivity index (χ1) is 11.9. The highest BCUT2D eigenvalue weighted by Gasteiger charge is 2.07. The van der Waals surface area contributed by atoms with Gasteiger partial charge in [0.2, 0.25) is 15.9 Å². The Balaban J connectivity index is 1.68.